The number of aryl methyl sites for hydroxylation is 2. The maximum Gasteiger partial charge on any atom is 0.111 e. The molecule has 0 fully saturated rings. The third kappa shape index (κ3) is 4.01. The van der Waals surface area contributed by atoms with Crippen molar-refractivity contribution in [2.45, 2.75) is 66.5 Å². The van der Waals surface area contributed by atoms with Crippen LogP contribution in [0.15, 0.2) is 84.5 Å². The minimum Gasteiger partial charge on any atom is -0.349 e. The second-order valence-corrected chi connectivity index (χ2v) is 13.1. The summed E-state index contributed by atoms with van der Waals surface area (Å²) in [5.41, 5.74) is 8.42. The Morgan fingerprint density at radius 2 is 1.03 bits per heavy atom. The van der Waals surface area contributed by atoms with E-state index in [0.29, 0.717) is 12.1 Å². The van der Waals surface area contributed by atoms with Gasteiger partial charge in [-0.25, -0.2) is 0 Å². The van der Waals surface area contributed by atoms with Gasteiger partial charge >= 0.3 is 0 Å². The van der Waals surface area contributed by atoms with Crippen molar-refractivity contribution < 1.29 is 0 Å². The van der Waals surface area contributed by atoms with Crippen LogP contribution in [0.2, 0.25) is 0 Å². The van der Waals surface area contributed by atoms with Crippen LogP contribution >= 0.6 is 0 Å². The van der Waals surface area contributed by atoms with Gasteiger partial charge in [0.25, 0.3) is 0 Å². The monoisotopic (exact) mass is 480 g/mol. The molecule has 4 nitrogen and oxygen atoms in total. The number of hydrogen-bond donors (Lipinski definition) is 0. The summed E-state index contributed by atoms with van der Waals surface area (Å²) in [5, 5.41) is 4.94. The highest BCUT2D eigenvalue weighted by Crippen LogP contribution is 2.45. The topological polar surface area (TPSA) is 13.0 Å². The standard InChI is InChI=1S/C32H40N4/c1-31(2,3)29-25-11-7-9-23(17-25)13-14-24-10-8-12-26(18-24)30(32(4,5)6)34-20-28-16-15-27-19-33(29)21-35(27)36(28)22-34/h7-12,15-20,29-30H,13-14,21-22H2,1-6H3. The summed E-state index contributed by atoms with van der Waals surface area (Å²) in [5.74, 6) is 0. The Bertz CT molecular complexity index is 1160. The first-order valence-electron chi connectivity index (χ1n) is 13.4. The Hall–Kier alpha value is -3.14. The highest BCUT2D eigenvalue weighted by Gasteiger charge is 2.41. The van der Waals surface area contributed by atoms with Gasteiger partial charge in [-0.1, -0.05) is 90.1 Å². The molecule has 4 heterocycles. The van der Waals surface area contributed by atoms with Crippen LogP contribution in [-0.2, 0) is 12.8 Å². The van der Waals surface area contributed by atoms with Crippen LogP contribution in [0, 0.1) is 10.8 Å². The SMILES string of the molecule is CC(C)(C)C1c2cccc(c2)CCc2cccc(c2)C(C(C)(C)C)N2C=C3C=CC4=CN1CN4N3C2. The van der Waals surface area contributed by atoms with Crippen LogP contribution in [0.1, 0.15) is 75.9 Å². The molecule has 4 aliphatic heterocycles. The molecule has 0 N–H and O–H groups in total. The molecule has 0 aliphatic carbocycles. The summed E-state index contributed by atoms with van der Waals surface area (Å²) in [6.45, 7) is 16.0. The van der Waals surface area contributed by atoms with Gasteiger partial charge in [0.1, 0.15) is 13.3 Å². The number of benzene rings is 2. The van der Waals surface area contributed by atoms with E-state index in [0.717, 1.165) is 26.2 Å². The van der Waals surface area contributed by atoms with Gasteiger partial charge in [-0.3, -0.25) is 10.0 Å². The smallest absolute Gasteiger partial charge is 0.111 e. The molecular formula is C32H40N4. The molecule has 2 unspecified atom stereocenters. The number of hydrogen-bond acceptors (Lipinski definition) is 4. The van der Waals surface area contributed by atoms with Crippen molar-refractivity contribution in [2.24, 2.45) is 10.8 Å². The van der Waals surface area contributed by atoms with E-state index in [4.69, 9.17) is 0 Å². The molecular weight excluding hydrogens is 440 g/mol. The normalized spacial score (nSPS) is 23.4. The zero-order valence-electron chi connectivity index (χ0n) is 22.7. The molecule has 4 heteroatoms. The van der Waals surface area contributed by atoms with E-state index in [-0.39, 0.29) is 10.8 Å². The molecule has 0 aromatic heterocycles. The molecule has 0 spiro atoms. The van der Waals surface area contributed by atoms with E-state index >= 15 is 0 Å². The lowest BCUT2D eigenvalue weighted by Crippen LogP contribution is -2.46. The fourth-order valence-electron chi connectivity index (χ4n) is 6.70. The third-order valence-corrected chi connectivity index (χ3v) is 8.04. The number of fused-ring (bicyclic) bond motifs is 6. The summed E-state index contributed by atoms with van der Waals surface area (Å²) in [6, 6.07) is 19.3. The fraction of sp³-hybridized carbons (Fsp3) is 0.438. The van der Waals surface area contributed by atoms with Crippen LogP contribution in [0.25, 0.3) is 0 Å². The van der Waals surface area contributed by atoms with Gasteiger partial charge < -0.3 is 9.80 Å². The summed E-state index contributed by atoms with van der Waals surface area (Å²) in [7, 11) is 0. The first-order valence-corrected chi connectivity index (χ1v) is 13.4. The van der Waals surface area contributed by atoms with E-state index in [1.165, 1.54) is 33.6 Å². The van der Waals surface area contributed by atoms with E-state index in [1.54, 1.807) is 0 Å². The second-order valence-electron chi connectivity index (χ2n) is 13.1. The molecule has 36 heavy (non-hydrogen) atoms. The third-order valence-electron chi connectivity index (χ3n) is 8.04. The largest absolute Gasteiger partial charge is 0.349 e. The Morgan fingerprint density at radius 3 is 1.42 bits per heavy atom. The van der Waals surface area contributed by atoms with Gasteiger partial charge in [-0.2, -0.15) is 0 Å². The average molecular weight is 481 g/mol. The molecule has 8 bridgehead atoms. The lowest BCUT2D eigenvalue weighted by molar-refractivity contribution is -0.0162. The van der Waals surface area contributed by atoms with Crippen molar-refractivity contribution >= 4 is 0 Å². The van der Waals surface area contributed by atoms with E-state index in [1.807, 2.05) is 0 Å². The molecule has 188 valence electrons. The number of allylic oxidation sites excluding steroid dienone is 2. The molecule has 0 saturated heterocycles. The quantitative estimate of drug-likeness (QED) is 0.403. The van der Waals surface area contributed by atoms with Crippen LogP contribution in [0.5, 0.6) is 0 Å². The number of rotatable bonds is 0. The van der Waals surface area contributed by atoms with Crippen molar-refractivity contribution in [3.8, 4) is 0 Å². The molecule has 6 rings (SSSR count). The molecule has 0 saturated carbocycles. The first kappa shape index (κ1) is 23.3. The van der Waals surface area contributed by atoms with Crippen LogP contribution in [0.3, 0.4) is 0 Å². The predicted octanol–water partition coefficient (Wildman–Crippen LogP) is 6.98. The lowest BCUT2D eigenvalue weighted by Gasteiger charge is -2.43. The van der Waals surface area contributed by atoms with Crippen molar-refractivity contribution in [3.05, 3.63) is 107 Å². The van der Waals surface area contributed by atoms with Crippen molar-refractivity contribution in [3.63, 3.8) is 0 Å². The second kappa shape index (κ2) is 8.19. The van der Waals surface area contributed by atoms with Gasteiger partial charge in [-0.05, 0) is 58.1 Å². The van der Waals surface area contributed by atoms with Gasteiger partial charge in [0.2, 0.25) is 0 Å². The van der Waals surface area contributed by atoms with Crippen molar-refractivity contribution in [1.82, 2.24) is 19.8 Å². The Balaban J connectivity index is 1.49. The van der Waals surface area contributed by atoms with Crippen molar-refractivity contribution in [1.29, 1.82) is 0 Å². The molecule has 2 aromatic carbocycles. The Morgan fingerprint density at radius 1 is 0.611 bits per heavy atom. The molecule has 2 atom stereocenters. The molecule has 2 aromatic rings. The van der Waals surface area contributed by atoms with Gasteiger partial charge in [0.15, 0.2) is 0 Å². The Kier molecular flexibility index (Phi) is 5.30. The zero-order valence-corrected chi connectivity index (χ0v) is 22.7. The zero-order chi connectivity index (χ0) is 25.2. The first-order chi connectivity index (χ1) is 17.1. The molecule has 0 amide bonds. The summed E-state index contributed by atoms with van der Waals surface area (Å²) in [6.07, 6.45) is 11.5. The maximum atomic E-state index is 2.56. The maximum absolute atomic E-state index is 2.56. The van der Waals surface area contributed by atoms with Crippen LogP contribution in [0.4, 0.5) is 0 Å². The summed E-state index contributed by atoms with van der Waals surface area (Å²) < 4.78 is 0. The average Bonchev–Trinajstić information content (AvgIpc) is 3.40. The van der Waals surface area contributed by atoms with E-state index < -0.39 is 0 Å². The predicted molar refractivity (Wildman–Crippen MR) is 147 cm³/mol. The minimum atomic E-state index is 0.0980. The minimum absolute atomic E-state index is 0.0980. The van der Waals surface area contributed by atoms with E-state index in [9.17, 15) is 0 Å². The van der Waals surface area contributed by atoms with Crippen molar-refractivity contribution in [2.75, 3.05) is 13.3 Å². The number of nitrogens with zero attached hydrogens (tertiary/aromatic N) is 4. The highest BCUT2D eigenvalue weighted by atomic mass is 15.7. The van der Waals surface area contributed by atoms with Crippen LogP contribution in [-0.4, -0.2) is 33.2 Å². The fourth-order valence-corrected chi connectivity index (χ4v) is 6.70. The molecule has 4 aliphatic rings. The van der Waals surface area contributed by atoms with Crippen LogP contribution < -0.4 is 0 Å². The van der Waals surface area contributed by atoms with Gasteiger partial charge in [0, 0.05) is 12.4 Å². The number of hydrazine groups is 1. The molecule has 0 radical (unpaired) electrons. The lowest BCUT2D eigenvalue weighted by atomic mass is 9.80. The highest BCUT2D eigenvalue weighted by molar-refractivity contribution is 5.38. The van der Waals surface area contributed by atoms with Gasteiger partial charge in [-0.15, -0.1) is 0 Å². The summed E-state index contributed by atoms with van der Waals surface area (Å²) >= 11 is 0. The van der Waals surface area contributed by atoms with Gasteiger partial charge in [0.05, 0.1) is 23.5 Å². The van der Waals surface area contributed by atoms with E-state index in [2.05, 4.69) is 134 Å². The Labute approximate surface area is 217 Å². The summed E-state index contributed by atoms with van der Waals surface area (Å²) in [4.78, 5) is 5.11.